The van der Waals surface area contributed by atoms with Gasteiger partial charge >= 0.3 is 0 Å². The van der Waals surface area contributed by atoms with Crippen molar-refractivity contribution >= 4 is 0 Å². The average Bonchev–Trinajstić information content (AvgIpc) is 2.25. The van der Waals surface area contributed by atoms with Crippen LogP contribution in [0.2, 0.25) is 0 Å². The SMILES string of the molecule is COC=CCCC1CCC(C#N)CC1. The lowest BCUT2D eigenvalue weighted by atomic mass is 9.81. The fourth-order valence-electron chi connectivity index (χ4n) is 2.08. The summed E-state index contributed by atoms with van der Waals surface area (Å²) < 4.78 is 4.84. The van der Waals surface area contributed by atoms with E-state index in [0.29, 0.717) is 5.92 Å². The smallest absolute Gasteiger partial charge is 0.0784 e. The fourth-order valence-corrected chi connectivity index (χ4v) is 2.08. The molecule has 0 aromatic carbocycles. The second-order valence-corrected chi connectivity index (χ2v) is 4.03. The van der Waals surface area contributed by atoms with E-state index >= 15 is 0 Å². The van der Waals surface area contributed by atoms with Crippen LogP contribution in [-0.2, 0) is 4.74 Å². The third kappa shape index (κ3) is 3.83. The lowest BCUT2D eigenvalue weighted by Gasteiger charge is -2.24. The average molecular weight is 193 g/mol. The first kappa shape index (κ1) is 11.1. The van der Waals surface area contributed by atoms with Gasteiger partial charge in [-0.3, -0.25) is 0 Å². The van der Waals surface area contributed by atoms with E-state index in [1.807, 2.05) is 0 Å². The summed E-state index contributed by atoms with van der Waals surface area (Å²) in [5.41, 5.74) is 0. The fraction of sp³-hybridized carbons (Fsp3) is 0.750. The topological polar surface area (TPSA) is 33.0 Å². The highest BCUT2D eigenvalue weighted by Gasteiger charge is 2.19. The third-order valence-corrected chi connectivity index (χ3v) is 3.00. The summed E-state index contributed by atoms with van der Waals surface area (Å²) in [4.78, 5) is 0. The van der Waals surface area contributed by atoms with Gasteiger partial charge in [0.1, 0.15) is 0 Å². The molecule has 0 radical (unpaired) electrons. The molecule has 1 fully saturated rings. The Morgan fingerprint density at radius 2 is 2.07 bits per heavy atom. The Labute approximate surface area is 86.6 Å². The summed E-state index contributed by atoms with van der Waals surface area (Å²) in [7, 11) is 1.68. The van der Waals surface area contributed by atoms with Gasteiger partial charge < -0.3 is 4.74 Å². The number of hydrogen-bond donors (Lipinski definition) is 0. The first-order valence-electron chi connectivity index (χ1n) is 5.44. The largest absolute Gasteiger partial charge is 0.505 e. The highest BCUT2D eigenvalue weighted by atomic mass is 16.5. The van der Waals surface area contributed by atoms with Gasteiger partial charge in [-0.05, 0) is 50.5 Å². The summed E-state index contributed by atoms with van der Waals surface area (Å²) in [5, 5.41) is 8.75. The lowest BCUT2D eigenvalue weighted by Crippen LogP contribution is -2.12. The molecule has 0 aliphatic heterocycles. The normalized spacial score (nSPS) is 27.4. The van der Waals surface area contributed by atoms with Crippen molar-refractivity contribution in [1.29, 1.82) is 5.26 Å². The van der Waals surface area contributed by atoms with Crippen molar-refractivity contribution in [2.45, 2.75) is 38.5 Å². The molecule has 2 heteroatoms. The second kappa shape index (κ2) is 6.48. The second-order valence-electron chi connectivity index (χ2n) is 4.03. The van der Waals surface area contributed by atoms with E-state index in [0.717, 1.165) is 25.2 Å². The molecule has 0 heterocycles. The van der Waals surface area contributed by atoms with Crippen LogP contribution in [0.15, 0.2) is 12.3 Å². The number of rotatable bonds is 4. The molecule has 14 heavy (non-hydrogen) atoms. The number of nitrogens with zero attached hydrogens (tertiary/aromatic N) is 1. The van der Waals surface area contributed by atoms with Crippen molar-refractivity contribution in [3.8, 4) is 6.07 Å². The molecular weight excluding hydrogens is 174 g/mol. The van der Waals surface area contributed by atoms with E-state index < -0.39 is 0 Å². The van der Waals surface area contributed by atoms with Gasteiger partial charge in [0.15, 0.2) is 0 Å². The summed E-state index contributed by atoms with van der Waals surface area (Å²) in [6.07, 6.45) is 10.9. The molecule has 0 aromatic heterocycles. The maximum atomic E-state index is 8.75. The molecule has 0 saturated heterocycles. The molecule has 0 amide bonds. The van der Waals surface area contributed by atoms with Crippen LogP contribution in [0.1, 0.15) is 38.5 Å². The summed E-state index contributed by atoms with van der Waals surface area (Å²) >= 11 is 0. The highest BCUT2D eigenvalue weighted by Crippen LogP contribution is 2.31. The molecule has 2 nitrogen and oxygen atoms in total. The molecule has 0 spiro atoms. The van der Waals surface area contributed by atoms with Gasteiger partial charge in [-0.25, -0.2) is 0 Å². The minimum absolute atomic E-state index is 0.334. The van der Waals surface area contributed by atoms with Crippen molar-refractivity contribution in [2.75, 3.05) is 7.11 Å². The molecule has 0 aromatic rings. The van der Waals surface area contributed by atoms with Gasteiger partial charge in [0, 0.05) is 5.92 Å². The van der Waals surface area contributed by atoms with Crippen LogP contribution in [0.5, 0.6) is 0 Å². The van der Waals surface area contributed by atoms with Crippen LogP contribution < -0.4 is 0 Å². The van der Waals surface area contributed by atoms with E-state index in [1.54, 1.807) is 13.4 Å². The zero-order valence-electron chi connectivity index (χ0n) is 8.91. The molecule has 78 valence electrons. The van der Waals surface area contributed by atoms with Gasteiger partial charge in [0.2, 0.25) is 0 Å². The molecule has 1 aliphatic carbocycles. The highest BCUT2D eigenvalue weighted by molar-refractivity contribution is 4.87. The minimum atomic E-state index is 0.334. The van der Waals surface area contributed by atoms with Crippen LogP contribution in [-0.4, -0.2) is 7.11 Å². The Bertz CT molecular complexity index is 209. The summed E-state index contributed by atoms with van der Waals surface area (Å²) in [6, 6.07) is 2.37. The molecular formula is C12H19NO. The third-order valence-electron chi connectivity index (χ3n) is 3.00. The van der Waals surface area contributed by atoms with E-state index in [-0.39, 0.29) is 0 Å². The Hall–Kier alpha value is -0.970. The minimum Gasteiger partial charge on any atom is -0.505 e. The standard InChI is InChI=1S/C12H19NO/c1-14-9-3-2-4-11-5-7-12(10-13)8-6-11/h3,9,11-12H,2,4-8H2,1H3. The van der Waals surface area contributed by atoms with E-state index in [4.69, 9.17) is 10.00 Å². The van der Waals surface area contributed by atoms with Crippen molar-refractivity contribution < 1.29 is 4.74 Å². The molecule has 1 saturated carbocycles. The van der Waals surface area contributed by atoms with Crippen molar-refractivity contribution in [3.63, 3.8) is 0 Å². The molecule has 0 N–H and O–H groups in total. The first-order valence-corrected chi connectivity index (χ1v) is 5.44. The number of allylic oxidation sites excluding steroid dienone is 1. The van der Waals surface area contributed by atoms with Crippen LogP contribution in [0.3, 0.4) is 0 Å². The Balaban J connectivity index is 2.10. The predicted octanol–water partition coefficient (Wildman–Crippen LogP) is 3.26. The van der Waals surface area contributed by atoms with Gasteiger partial charge in [0.25, 0.3) is 0 Å². The van der Waals surface area contributed by atoms with E-state index in [2.05, 4.69) is 12.1 Å². The lowest BCUT2D eigenvalue weighted by molar-refractivity contribution is 0.299. The van der Waals surface area contributed by atoms with Crippen molar-refractivity contribution in [3.05, 3.63) is 12.3 Å². The van der Waals surface area contributed by atoms with E-state index in [9.17, 15) is 0 Å². The van der Waals surface area contributed by atoms with Crippen LogP contribution in [0.25, 0.3) is 0 Å². The monoisotopic (exact) mass is 193 g/mol. The first-order chi connectivity index (χ1) is 6.86. The van der Waals surface area contributed by atoms with Gasteiger partial charge in [-0.15, -0.1) is 0 Å². The number of hydrogen-bond acceptors (Lipinski definition) is 2. The van der Waals surface area contributed by atoms with Crippen molar-refractivity contribution in [2.24, 2.45) is 11.8 Å². The summed E-state index contributed by atoms with van der Waals surface area (Å²) in [6.45, 7) is 0. The Morgan fingerprint density at radius 3 is 2.64 bits per heavy atom. The maximum Gasteiger partial charge on any atom is 0.0784 e. The van der Waals surface area contributed by atoms with Crippen molar-refractivity contribution in [1.82, 2.24) is 0 Å². The predicted molar refractivity (Wildman–Crippen MR) is 56.4 cm³/mol. The molecule has 0 bridgehead atoms. The van der Waals surface area contributed by atoms with Crippen LogP contribution >= 0.6 is 0 Å². The number of nitriles is 1. The molecule has 0 unspecified atom stereocenters. The van der Waals surface area contributed by atoms with Gasteiger partial charge in [-0.2, -0.15) is 5.26 Å². The Morgan fingerprint density at radius 1 is 1.36 bits per heavy atom. The van der Waals surface area contributed by atoms with Crippen LogP contribution in [0, 0.1) is 23.2 Å². The Kier molecular flexibility index (Phi) is 5.14. The zero-order chi connectivity index (χ0) is 10.2. The van der Waals surface area contributed by atoms with Crippen LogP contribution in [0.4, 0.5) is 0 Å². The number of ether oxygens (including phenoxy) is 1. The summed E-state index contributed by atoms with van der Waals surface area (Å²) in [5.74, 6) is 1.17. The molecule has 1 rings (SSSR count). The molecule has 0 atom stereocenters. The van der Waals surface area contributed by atoms with Gasteiger partial charge in [0.05, 0.1) is 19.4 Å². The van der Waals surface area contributed by atoms with E-state index in [1.165, 1.54) is 19.3 Å². The quantitative estimate of drug-likeness (QED) is 0.642. The maximum absolute atomic E-state index is 8.75. The zero-order valence-corrected chi connectivity index (χ0v) is 8.91. The molecule has 1 aliphatic rings. The number of methoxy groups -OCH3 is 1. The van der Waals surface area contributed by atoms with Gasteiger partial charge in [-0.1, -0.05) is 0 Å².